The molecule has 20 heavy (non-hydrogen) atoms. The second kappa shape index (κ2) is 5.07. The quantitative estimate of drug-likeness (QED) is 0.812. The van der Waals surface area contributed by atoms with E-state index >= 15 is 0 Å². The zero-order chi connectivity index (χ0) is 13.5. The Morgan fingerprint density at radius 1 is 1.10 bits per heavy atom. The van der Waals surface area contributed by atoms with Crippen LogP contribution in [0.5, 0.6) is 5.75 Å². The maximum Gasteiger partial charge on any atom is 0.122 e. The smallest absolute Gasteiger partial charge is 0.122 e. The fourth-order valence-corrected chi connectivity index (χ4v) is 4.98. The molecule has 0 unspecified atom stereocenters. The van der Waals surface area contributed by atoms with E-state index in [1.807, 2.05) is 0 Å². The van der Waals surface area contributed by atoms with E-state index in [1.54, 1.807) is 12.7 Å². The molecule has 2 nitrogen and oxygen atoms in total. The fraction of sp³-hybridized carbons (Fsp3) is 0.667. The number of benzene rings is 1. The van der Waals surface area contributed by atoms with Crippen LogP contribution in [0.25, 0.3) is 0 Å². The van der Waals surface area contributed by atoms with Gasteiger partial charge in [-0.15, -0.1) is 0 Å². The highest BCUT2D eigenvalue weighted by Gasteiger charge is 2.42. The van der Waals surface area contributed by atoms with Crippen LogP contribution in [-0.2, 0) is 6.42 Å². The number of likely N-dealkylation sites (tertiary alicyclic amines) is 1. The van der Waals surface area contributed by atoms with Crippen LogP contribution in [0, 0.1) is 0 Å². The lowest BCUT2D eigenvalue weighted by Gasteiger charge is -2.37. The zero-order valence-electron chi connectivity index (χ0n) is 12.5. The van der Waals surface area contributed by atoms with Crippen molar-refractivity contribution in [1.29, 1.82) is 0 Å². The molecule has 2 heteroatoms. The lowest BCUT2D eigenvalue weighted by atomic mass is 9.79. The predicted molar refractivity (Wildman–Crippen MR) is 81.4 cm³/mol. The highest BCUT2D eigenvalue weighted by atomic mass is 16.5. The Bertz CT molecular complexity index is 492. The molecule has 108 valence electrons. The minimum atomic E-state index is 0.759. The summed E-state index contributed by atoms with van der Waals surface area (Å²) in [6.45, 7) is 1.32. The maximum absolute atomic E-state index is 5.57. The third-order valence-electron chi connectivity index (χ3n) is 5.86. The molecule has 0 N–H and O–H groups in total. The van der Waals surface area contributed by atoms with Gasteiger partial charge in [-0.1, -0.05) is 25.0 Å². The second-order valence-corrected chi connectivity index (χ2v) is 6.71. The molecular weight excluding hydrogens is 246 g/mol. The van der Waals surface area contributed by atoms with E-state index in [9.17, 15) is 0 Å². The van der Waals surface area contributed by atoms with Crippen molar-refractivity contribution in [2.24, 2.45) is 0 Å². The summed E-state index contributed by atoms with van der Waals surface area (Å²) in [4.78, 5) is 2.86. The lowest BCUT2D eigenvalue weighted by molar-refractivity contribution is 0.163. The van der Waals surface area contributed by atoms with Crippen LogP contribution >= 0.6 is 0 Å². The van der Waals surface area contributed by atoms with Gasteiger partial charge < -0.3 is 4.74 Å². The molecule has 0 spiro atoms. The van der Waals surface area contributed by atoms with E-state index in [1.165, 1.54) is 57.1 Å². The molecule has 1 saturated carbocycles. The molecule has 4 rings (SSSR count). The molecule has 2 fully saturated rings. The third-order valence-corrected chi connectivity index (χ3v) is 5.86. The van der Waals surface area contributed by atoms with Crippen LogP contribution in [-0.4, -0.2) is 30.6 Å². The minimum Gasteiger partial charge on any atom is -0.496 e. The molecule has 1 aliphatic heterocycles. The SMILES string of the molecule is COc1cccc2c1CC[C@H]1[C@@H]2CCN1C1CCCC1. The Balaban J connectivity index is 1.63. The molecule has 3 aliphatic rings. The van der Waals surface area contributed by atoms with Crippen LogP contribution in [0.3, 0.4) is 0 Å². The largest absolute Gasteiger partial charge is 0.496 e. The Kier molecular flexibility index (Phi) is 3.22. The first-order valence-electron chi connectivity index (χ1n) is 8.30. The Hall–Kier alpha value is -1.02. The molecule has 1 heterocycles. The normalized spacial score (nSPS) is 30.2. The topological polar surface area (TPSA) is 12.5 Å². The van der Waals surface area contributed by atoms with Gasteiger partial charge in [-0.05, 0) is 55.8 Å². The molecular formula is C18H25NO. The predicted octanol–water partition coefficient (Wildman–Crippen LogP) is 3.74. The summed E-state index contributed by atoms with van der Waals surface area (Å²) in [5, 5.41) is 0. The molecule has 0 amide bonds. The lowest BCUT2D eigenvalue weighted by Crippen LogP contribution is -2.40. The van der Waals surface area contributed by atoms with E-state index in [4.69, 9.17) is 4.74 Å². The van der Waals surface area contributed by atoms with Crippen LogP contribution in [0.4, 0.5) is 0 Å². The molecule has 0 aromatic heterocycles. The molecule has 0 bridgehead atoms. The summed E-state index contributed by atoms with van der Waals surface area (Å²) < 4.78 is 5.57. The number of methoxy groups -OCH3 is 1. The molecule has 2 aliphatic carbocycles. The first-order valence-corrected chi connectivity index (χ1v) is 8.30. The van der Waals surface area contributed by atoms with Crippen molar-refractivity contribution in [1.82, 2.24) is 4.90 Å². The van der Waals surface area contributed by atoms with Gasteiger partial charge in [0.1, 0.15) is 5.75 Å². The van der Waals surface area contributed by atoms with E-state index in [-0.39, 0.29) is 0 Å². The minimum absolute atomic E-state index is 0.759. The van der Waals surface area contributed by atoms with E-state index in [2.05, 4.69) is 23.1 Å². The Morgan fingerprint density at radius 2 is 1.95 bits per heavy atom. The summed E-state index contributed by atoms with van der Waals surface area (Å²) >= 11 is 0. The number of hydrogen-bond donors (Lipinski definition) is 0. The first-order chi connectivity index (χ1) is 9.88. The highest BCUT2D eigenvalue weighted by Crippen LogP contribution is 2.46. The summed E-state index contributed by atoms with van der Waals surface area (Å²) in [7, 11) is 1.81. The number of nitrogens with zero attached hydrogens (tertiary/aromatic N) is 1. The van der Waals surface area contributed by atoms with Gasteiger partial charge >= 0.3 is 0 Å². The van der Waals surface area contributed by atoms with Crippen molar-refractivity contribution in [3.8, 4) is 5.75 Å². The van der Waals surface area contributed by atoms with Gasteiger partial charge in [-0.2, -0.15) is 0 Å². The first kappa shape index (κ1) is 12.7. The van der Waals surface area contributed by atoms with Gasteiger partial charge in [-0.3, -0.25) is 4.90 Å². The molecule has 1 aromatic carbocycles. The van der Waals surface area contributed by atoms with Gasteiger partial charge in [0.2, 0.25) is 0 Å². The van der Waals surface area contributed by atoms with Gasteiger partial charge in [0, 0.05) is 18.0 Å². The second-order valence-electron chi connectivity index (χ2n) is 6.71. The Morgan fingerprint density at radius 3 is 2.75 bits per heavy atom. The van der Waals surface area contributed by atoms with E-state index in [0.717, 1.165) is 23.8 Å². The number of hydrogen-bond acceptors (Lipinski definition) is 2. The summed E-state index contributed by atoms with van der Waals surface area (Å²) in [6, 6.07) is 8.35. The Labute approximate surface area is 122 Å². The standard InChI is InChI=1S/C18H25NO/c1-20-18-8-4-7-14-15-11-12-19(13-5-2-3-6-13)17(15)10-9-16(14)18/h4,7-8,13,15,17H,2-3,5-6,9-12H2,1H3/t15-,17+/m1/s1. The molecule has 2 atom stereocenters. The van der Waals surface area contributed by atoms with Crippen LogP contribution in [0.2, 0.25) is 0 Å². The van der Waals surface area contributed by atoms with E-state index in [0.29, 0.717) is 0 Å². The van der Waals surface area contributed by atoms with Gasteiger partial charge in [0.05, 0.1) is 7.11 Å². The van der Waals surface area contributed by atoms with Crippen molar-refractivity contribution in [3.63, 3.8) is 0 Å². The highest BCUT2D eigenvalue weighted by molar-refractivity contribution is 5.45. The molecule has 0 radical (unpaired) electrons. The summed E-state index contributed by atoms with van der Waals surface area (Å²) in [5.74, 6) is 1.87. The number of fused-ring (bicyclic) bond motifs is 3. The third kappa shape index (κ3) is 1.88. The van der Waals surface area contributed by atoms with Crippen LogP contribution in [0.1, 0.15) is 55.6 Å². The fourth-order valence-electron chi connectivity index (χ4n) is 4.98. The van der Waals surface area contributed by atoms with Crippen LogP contribution < -0.4 is 4.74 Å². The number of rotatable bonds is 2. The summed E-state index contributed by atoms with van der Waals surface area (Å²) in [6.07, 6.45) is 9.65. The van der Waals surface area contributed by atoms with Crippen molar-refractivity contribution in [2.75, 3.05) is 13.7 Å². The van der Waals surface area contributed by atoms with Crippen molar-refractivity contribution in [3.05, 3.63) is 29.3 Å². The monoisotopic (exact) mass is 271 g/mol. The number of ether oxygens (including phenoxy) is 1. The van der Waals surface area contributed by atoms with Gasteiger partial charge in [0.15, 0.2) is 0 Å². The van der Waals surface area contributed by atoms with Crippen LogP contribution in [0.15, 0.2) is 18.2 Å². The zero-order valence-corrected chi connectivity index (χ0v) is 12.5. The summed E-state index contributed by atoms with van der Waals surface area (Å²) in [5.41, 5.74) is 3.07. The van der Waals surface area contributed by atoms with E-state index < -0.39 is 0 Å². The maximum atomic E-state index is 5.57. The average Bonchev–Trinajstić information content (AvgIpc) is 3.14. The molecule has 1 aromatic rings. The molecule has 1 saturated heterocycles. The van der Waals surface area contributed by atoms with Crippen molar-refractivity contribution < 1.29 is 4.74 Å². The van der Waals surface area contributed by atoms with Gasteiger partial charge in [-0.25, -0.2) is 0 Å². The van der Waals surface area contributed by atoms with Gasteiger partial charge in [0.25, 0.3) is 0 Å². The van der Waals surface area contributed by atoms with Crippen molar-refractivity contribution in [2.45, 2.75) is 62.9 Å². The average molecular weight is 271 g/mol. The van der Waals surface area contributed by atoms with Crippen molar-refractivity contribution >= 4 is 0 Å².